The average Bonchev–Trinajstić information content (AvgIpc) is 3.12. The van der Waals surface area contributed by atoms with Crippen molar-refractivity contribution in [3.8, 4) is 11.5 Å². The summed E-state index contributed by atoms with van der Waals surface area (Å²) in [6.45, 7) is 4.01. The number of rotatable bonds is 6. The van der Waals surface area contributed by atoms with Gasteiger partial charge in [-0.25, -0.2) is 0 Å². The van der Waals surface area contributed by atoms with Crippen molar-refractivity contribution < 1.29 is 14.2 Å². The molecule has 3 rings (SSSR count). The molecule has 0 radical (unpaired) electrons. The van der Waals surface area contributed by atoms with Crippen LogP contribution in [0.4, 0.5) is 0 Å². The Bertz CT molecular complexity index is 591. The highest BCUT2D eigenvalue weighted by molar-refractivity contribution is 14.0. The lowest BCUT2D eigenvalue weighted by atomic mass is 9.96. The maximum absolute atomic E-state index is 5.43. The summed E-state index contributed by atoms with van der Waals surface area (Å²) in [5.41, 5.74) is 1.23. The Labute approximate surface area is 173 Å². The highest BCUT2D eigenvalue weighted by Crippen LogP contribution is 2.32. The number of fused-ring (bicyclic) bond motifs is 1. The van der Waals surface area contributed by atoms with E-state index in [-0.39, 0.29) is 24.0 Å². The topological polar surface area (TPSA) is 55.3 Å². The molecule has 26 heavy (non-hydrogen) atoms. The third kappa shape index (κ3) is 5.90. The maximum Gasteiger partial charge on any atom is 0.231 e. The summed E-state index contributed by atoms with van der Waals surface area (Å²) < 4.78 is 16.2. The number of benzene rings is 1. The first kappa shape index (κ1) is 21.1. The Morgan fingerprint density at radius 2 is 2.00 bits per heavy atom. The van der Waals surface area contributed by atoms with Crippen molar-refractivity contribution in [3.63, 3.8) is 0 Å². The van der Waals surface area contributed by atoms with Crippen molar-refractivity contribution in [2.45, 2.75) is 25.7 Å². The molecule has 2 aliphatic heterocycles. The van der Waals surface area contributed by atoms with E-state index in [0.717, 1.165) is 56.1 Å². The highest BCUT2D eigenvalue weighted by atomic mass is 127. The van der Waals surface area contributed by atoms with Crippen molar-refractivity contribution in [2.24, 2.45) is 10.9 Å². The van der Waals surface area contributed by atoms with Crippen molar-refractivity contribution in [3.05, 3.63) is 23.8 Å². The van der Waals surface area contributed by atoms with E-state index in [0.29, 0.717) is 6.79 Å². The molecule has 1 N–H and O–H groups in total. The molecule has 0 aromatic heterocycles. The number of hydrogen-bond acceptors (Lipinski definition) is 4. The molecule has 0 atom stereocenters. The van der Waals surface area contributed by atoms with Crippen LogP contribution in [0.2, 0.25) is 0 Å². The molecular formula is C19H30IN3O3. The molecule has 1 fully saturated rings. The quantitative estimate of drug-likeness (QED) is 0.390. The van der Waals surface area contributed by atoms with E-state index in [1.807, 2.05) is 13.1 Å². The second kappa shape index (κ2) is 10.8. The molecular weight excluding hydrogens is 445 g/mol. The van der Waals surface area contributed by atoms with Crippen LogP contribution >= 0.6 is 24.0 Å². The number of hydrogen-bond donors (Lipinski definition) is 1. The number of aliphatic imine (C=N–C) groups is 1. The minimum atomic E-state index is 0. The SMILES string of the molecule is CN=C(NCCc1ccc2c(c1)OCO2)N(C)CCC1CCOCC1.I. The van der Waals surface area contributed by atoms with Gasteiger partial charge in [0.1, 0.15) is 0 Å². The molecule has 2 aliphatic rings. The van der Waals surface area contributed by atoms with Crippen molar-refractivity contribution >= 4 is 29.9 Å². The van der Waals surface area contributed by atoms with E-state index >= 15 is 0 Å². The van der Waals surface area contributed by atoms with E-state index < -0.39 is 0 Å². The van der Waals surface area contributed by atoms with Gasteiger partial charge in [-0.1, -0.05) is 6.07 Å². The lowest BCUT2D eigenvalue weighted by Gasteiger charge is -2.26. The van der Waals surface area contributed by atoms with Crippen LogP contribution in [0.15, 0.2) is 23.2 Å². The Morgan fingerprint density at radius 3 is 2.77 bits per heavy atom. The van der Waals surface area contributed by atoms with E-state index in [2.05, 4.69) is 34.4 Å². The van der Waals surface area contributed by atoms with Gasteiger partial charge in [0.05, 0.1) is 0 Å². The number of halogens is 1. The Hall–Kier alpha value is -1.22. The smallest absolute Gasteiger partial charge is 0.231 e. The van der Waals surface area contributed by atoms with E-state index in [1.54, 1.807) is 0 Å². The Balaban J connectivity index is 0.00000243. The van der Waals surface area contributed by atoms with Gasteiger partial charge in [-0.05, 0) is 49.3 Å². The summed E-state index contributed by atoms with van der Waals surface area (Å²) in [7, 11) is 3.95. The number of ether oxygens (including phenoxy) is 3. The fraction of sp³-hybridized carbons (Fsp3) is 0.632. The van der Waals surface area contributed by atoms with Gasteiger partial charge < -0.3 is 24.4 Å². The molecule has 0 bridgehead atoms. The first-order valence-corrected chi connectivity index (χ1v) is 9.14. The molecule has 7 heteroatoms. The Morgan fingerprint density at radius 1 is 1.23 bits per heavy atom. The van der Waals surface area contributed by atoms with Gasteiger partial charge in [-0.3, -0.25) is 4.99 Å². The zero-order chi connectivity index (χ0) is 17.5. The lowest BCUT2D eigenvalue weighted by Crippen LogP contribution is -2.40. The van der Waals surface area contributed by atoms with Gasteiger partial charge in [0.25, 0.3) is 0 Å². The van der Waals surface area contributed by atoms with Crippen LogP contribution in [0.5, 0.6) is 11.5 Å². The van der Waals surface area contributed by atoms with Crippen LogP contribution in [0.3, 0.4) is 0 Å². The van der Waals surface area contributed by atoms with Crippen molar-refractivity contribution in [1.29, 1.82) is 0 Å². The molecule has 146 valence electrons. The van der Waals surface area contributed by atoms with Crippen LogP contribution in [0.1, 0.15) is 24.8 Å². The largest absolute Gasteiger partial charge is 0.454 e. The predicted molar refractivity (Wildman–Crippen MR) is 114 cm³/mol. The van der Waals surface area contributed by atoms with Gasteiger partial charge in [-0.15, -0.1) is 24.0 Å². The number of nitrogens with one attached hydrogen (secondary N) is 1. The van der Waals surface area contributed by atoms with Crippen LogP contribution in [0.25, 0.3) is 0 Å². The average molecular weight is 475 g/mol. The summed E-state index contributed by atoms with van der Waals surface area (Å²) in [4.78, 5) is 6.62. The van der Waals surface area contributed by atoms with Crippen LogP contribution < -0.4 is 14.8 Å². The lowest BCUT2D eigenvalue weighted by molar-refractivity contribution is 0.0625. The molecule has 0 unspecified atom stereocenters. The fourth-order valence-electron chi connectivity index (χ4n) is 3.32. The van der Waals surface area contributed by atoms with Gasteiger partial charge in [0, 0.05) is 40.4 Å². The molecule has 2 heterocycles. The van der Waals surface area contributed by atoms with Crippen molar-refractivity contribution in [2.75, 3.05) is 47.2 Å². The number of nitrogens with zero attached hydrogens (tertiary/aromatic N) is 2. The first-order valence-electron chi connectivity index (χ1n) is 9.14. The molecule has 1 aromatic carbocycles. The van der Waals surface area contributed by atoms with Crippen LogP contribution in [-0.4, -0.2) is 58.1 Å². The van der Waals surface area contributed by atoms with E-state index in [4.69, 9.17) is 14.2 Å². The summed E-state index contributed by atoms with van der Waals surface area (Å²) in [6.07, 6.45) is 4.49. The first-order chi connectivity index (χ1) is 12.3. The van der Waals surface area contributed by atoms with E-state index in [9.17, 15) is 0 Å². The molecule has 6 nitrogen and oxygen atoms in total. The van der Waals surface area contributed by atoms with Gasteiger partial charge >= 0.3 is 0 Å². The van der Waals surface area contributed by atoms with Crippen LogP contribution in [0, 0.1) is 5.92 Å². The van der Waals surface area contributed by atoms with Gasteiger partial charge in [-0.2, -0.15) is 0 Å². The molecule has 0 spiro atoms. The second-order valence-corrected chi connectivity index (χ2v) is 6.68. The van der Waals surface area contributed by atoms with E-state index in [1.165, 1.54) is 24.8 Å². The van der Waals surface area contributed by atoms with Crippen molar-refractivity contribution in [1.82, 2.24) is 10.2 Å². The second-order valence-electron chi connectivity index (χ2n) is 6.68. The molecule has 1 aromatic rings. The molecule has 0 amide bonds. The van der Waals surface area contributed by atoms with Gasteiger partial charge in [0.2, 0.25) is 6.79 Å². The standard InChI is InChI=1S/C19H29N3O3.HI/c1-20-19(22(2)10-6-15-7-11-23-12-8-15)21-9-5-16-3-4-17-18(13-16)25-14-24-17;/h3-4,13,15H,5-12,14H2,1-2H3,(H,20,21);1H. The molecule has 0 aliphatic carbocycles. The summed E-state index contributed by atoms with van der Waals surface area (Å²) >= 11 is 0. The zero-order valence-corrected chi connectivity index (χ0v) is 18.0. The van der Waals surface area contributed by atoms with Crippen LogP contribution in [-0.2, 0) is 11.2 Å². The summed E-state index contributed by atoms with van der Waals surface area (Å²) in [6, 6.07) is 6.13. The summed E-state index contributed by atoms with van der Waals surface area (Å²) in [5, 5.41) is 3.45. The van der Waals surface area contributed by atoms with Gasteiger partial charge in [0.15, 0.2) is 17.5 Å². The minimum absolute atomic E-state index is 0. The number of guanidine groups is 1. The zero-order valence-electron chi connectivity index (χ0n) is 15.7. The maximum atomic E-state index is 5.43. The Kier molecular flexibility index (Phi) is 8.77. The third-order valence-electron chi connectivity index (χ3n) is 4.92. The minimum Gasteiger partial charge on any atom is -0.454 e. The predicted octanol–water partition coefficient (Wildman–Crippen LogP) is 2.90. The highest BCUT2D eigenvalue weighted by Gasteiger charge is 2.16. The monoisotopic (exact) mass is 475 g/mol. The normalized spacial score (nSPS) is 16.9. The molecule has 0 saturated carbocycles. The molecule has 1 saturated heterocycles. The fourth-order valence-corrected chi connectivity index (χ4v) is 3.32. The third-order valence-corrected chi connectivity index (χ3v) is 4.92. The summed E-state index contributed by atoms with van der Waals surface area (Å²) in [5.74, 6) is 3.41.